The quantitative estimate of drug-likeness (QED) is 0.737. The normalized spacial score (nSPS) is 22.3. The van der Waals surface area contributed by atoms with Gasteiger partial charge in [0.15, 0.2) is 0 Å². The van der Waals surface area contributed by atoms with Gasteiger partial charge in [0.25, 0.3) is 0 Å². The minimum Gasteiger partial charge on any atom is -0.480 e. The third-order valence-electron chi connectivity index (χ3n) is 3.77. The summed E-state index contributed by atoms with van der Waals surface area (Å²) < 4.78 is 5.02. The molecule has 0 amide bonds. The first-order valence-electron chi connectivity index (χ1n) is 6.24. The summed E-state index contributed by atoms with van der Waals surface area (Å²) in [6, 6.07) is 0. The van der Waals surface area contributed by atoms with E-state index in [9.17, 15) is 9.90 Å². The van der Waals surface area contributed by atoms with Crippen LogP contribution in [0.3, 0.4) is 0 Å². The fourth-order valence-corrected chi connectivity index (χ4v) is 2.26. The molecule has 1 rings (SSSR count). The summed E-state index contributed by atoms with van der Waals surface area (Å²) in [6.45, 7) is 9.00. The van der Waals surface area contributed by atoms with Gasteiger partial charge in [0.1, 0.15) is 5.54 Å². The van der Waals surface area contributed by atoms with Crippen LogP contribution in [0.2, 0.25) is 0 Å². The first-order chi connectivity index (χ1) is 8.04. The van der Waals surface area contributed by atoms with Crippen molar-refractivity contribution >= 4 is 5.97 Å². The highest BCUT2D eigenvalue weighted by molar-refractivity contribution is 5.78. The first-order valence-corrected chi connectivity index (χ1v) is 6.24. The molecule has 100 valence electrons. The van der Waals surface area contributed by atoms with Gasteiger partial charge in [-0.2, -0.15) is 0 Å². The van der Waals surface area contributed by atoms with Crippen molar-refractivity contribution in [3.8, 4) is 0 Å². The molecule has 1 unspecified atom stereocenters. The minimum absolute atomic E-state index is 0.483. The van der Waals surface area contributed by atoms with Gasteiger partial charge >= 0.3 is 5.97 Å². The molecule has 0 saturated carbocycles. The minimum atomic E-state index is -0.796. The number of carbonyl (C=O) groups is 1. The SMILES string of the molecule is CCN1CCN(C(C)(CCOC)C(=O)O)CC1. The zero-order chi connectivity index (χ0) is 12.9. The van der Waals surface area contributed by atoms with Crippen LogP contribution >= 0.6 is 0 Å². The Morgan fingerprint density at radius 2 is 1.94 bits per heavy atom. The van der Waals surface area contributed by atoms with E-state index < -0.39 is 11.5 Å². The summed E-state index contributed by atoms with van der Waals surface area (Å²) in [5.41, 5.74) is -0.796. The molecule has 1 fully saturated rings. The molecule has 5 heteroatoms. The standard InChI is InChI=1S/C12H24N2O3/c1-4-13-6-8-14(9-7-13)12(2,11(15)16)5-10-17-3/h4-10H2,1-3H3,(H,15,16). The number of carboxylic acid groups (broad SMARTS) is 1. The Hall–Kier alpha value is -0.650. The summed E-state index contributed by atoms with van der Waals surface area (Å²) in [5, 5.41) is 9.42. The van der Waals surface area contributed by atoms with Crippen LogP contribution < -0.4 is 0 Å². The number of hydrogen-bond donors (Lipinski definition) is 1. The summed E-state index contributed by atoms with van der Waals surface area (Å²) in [5.74, 6) is -0.750. The topological polar surface area (TPSA) is 53.0 Å². The predicted molar refractivity (Wildman–Crippen MR) is 66.2 cm³/mol. The van der Waals surface area contributed by atoms with Gasteiger partial charge in [0.05, 0.1) is 0 Å². The van der Waals surface area contributed by atoms with E-state index in [0.717, 1.165) is 32.7 Å². The van der Waals surface area contributed by atoms with E-state index in [1.54, 1.807) is 14.0 Å². The Bertz CT molecular complexity index is 252. The maximum Gasteiger partial charge on any atom is 0.323 e. The number of nitrogens with zero attached hydrogens (tertiary/aromatic N) is 2. The fraction of sp³-hybridized carbons (Fsp3) is 0.917. The number of rotatable bonds is 6. The van der Waals surface area contributed by atoms with E-state index >= 15 is 0 Å². The van der Waals surface area contributed by atoms with Gasteiger partial charge in [-0.1, -0.05) is 6.92 Å². The Kier molecular flexibility index (Phi) is 5.36. The molecule has 0 aliphatic carbocycles. The van der Waals surface area contributed by atoms with Crippen LogP contribution in [-0.2, 0) is 9.53 Å². The van der Waals surface area contributed by atoms with Crippen molar-refractivity contribution < 1.29 is 14.6 Å². The molecule has 0 bridgehead atoms. The Morgan fingerprint density at radius 3 is 2.35 bits per heavy atom. The summed E-state index contributed by atoms with van der Waals surface area (Å²) >= 11 is 0. The maximum absolute atomic E-state index is 11.5. The molecule has 0 aromatic heterocycles. The lowest BCUT2D eigenvalue weighted by Crippen LogP contribution is -2.59. The summed E-state index contributed by atoms with van der Waals surface area (Å²) in [4.78, 5) is 15.9. The Morgan fingerprint density at radius 1 is 1.35 bits per heavy atom. The number of aliphatic carboxylic acids is 1. The lowest BCUT2D eigenvalue weighted by atomic mass is 9.95. The molecule has 0 spiro atoms. The zero-order valence-corrected chi connectivity index (χ0v) is 11.1. The predicted octanol–water partition coefficient (Wildman–Crippen LogP) is 0.504. The first kappa shape index (κ1) is 14.4. The van der Waals surface area contributed by atoms with Crippen LogP contribution in [0.5, 0.6) is 0 Å². The lowest BCUT2D eigenvalue weighted by molar-refractivity contribution is -0.153. The van der Waals surface area contributed by atoms with Crippen molar-refractivity contribution in [2.75, 3.05) is 46.4 Å². The fourth-order valence-electron chi connectivity index (χ4n) is 2.26. The smallest absolute Gasteiger partial charge is 0.323 e. The molecule has 0 aromatic carbocycles. The van der Waals surface area contributed by atoms with Crippen LogP contribution in [0.4, 0.5) is 0 Å². The largest absolute Gasteiger partial charge is 0.480 e. The molecular weight excluding hydrogens is 220 g/mol. The lowest BCUT2D eigenvalue weighted by Gasteiger charge is -2.43. The maximum atomic E-state index is 11.5. The van der Waals surface area contributed by atoms with Gasteiger partial charge in [-0.25, -0.2) is 0 Å². The third kappa shape index (κ3) is 3.40. The molecular formula is C12H24N2O3. The van der Waals surface area contributed by atoms with Gasteiger partial charge in [0.2, 0.25) is 0 Å². The number of likely N-dealkylation sites (N-methyl/N-ethyl adjacent to an activating group) is 1. The average molecular weight is 244 g/mol. The van der Waals surface area contributed by atoms with Gasteiger partial charge in [-0.05, 0) is 19.9 Å². The van der Waals surface area contributed by atoms with E-state index in [2.05, 4.69) is 16.7 Å². The molecule has 0 radical (unpaired) electrons. The van der Waals surface area contributed by atoms with E-state index in [1.165, 1.54) is 0 Å². The highest BCUT2D eigenvalue weighted by Crippen LogP contribution is 2.22. The van der Waals surface area contributed by atoms with E-state index in [-0.39, 0.29) is 0 Å². The molecule has 1 aliphatic heterocycles. The Balaban J connectivity index is 2.62. The van der Waals surface area contributed by atoms with Crippen molar-refractivity contribution in [3.63, 3.8) is 0 Å². The third-order valence-corrected chi connectivity index (χ3v) is 3.77. The van der Waals surface area contributed by atoms with Gasteiger partial charge in [-0.15, -0.1) is 0 Å². The van der Waals surface area contributed by atoms with Crippen molar-refractivity contribution in [3.05, 3.63) is 0 Å². The van der Waals surface area contributed by atoms with Gasteiger partial charge in [0, 0.05) is 39.9 Å². The highest BCUT2D eigenvalue weighted by Gasteiger charge is 2.40. The van der Waals surface area contributed by atoms with Crippen molar-refractivity contribution in [1.82, 2.24) is 9.80 Å². The molecule has 0 aromatic rings. The number of carboxylic acids is 1. The molecule has 1 aliphatic rings. The Labute approximate surface area is 103 Å². The van der Waals surface area contributed by atoms with Crippen LogP contribution in [-0.4, -0.2) is 72.9 Å². The van der Waals surface area contributed by atoms with Crippen LogP contribution in [0.1, 0.15) is 20.3 Å². The molecule has 1 saturated heterocycles. The molecule has 17 heavy (non-hydrogen) atoms. The van der Waals surface area contributed by atoms with Crippen molar-refractivity contribution in [2.45, 2.75) is 25.8 Å². The number of methoxy groups -OCH3 is 1. The number of ether oxygens (including phenoxy) is 1. The van der Waals surface area contributed by atoms with Crippen LogP contribution in [0.25, 0.3) is 0 Å². The molecule has 1 heterocycles. The zero-order valence-electron chi connectivity index (χ0n) is 11.1. The summed E-state index contributed by atoms with van der Waals surface area (Å²) in [6.07, 6.45) is 0.533. The van der Waals surface area contributed by atoms with Crippen molar-refractivity contribution in [1.29, 1.82) is 0 Å². The van der Waals surface area contributed by atoms with E-state index in [4.69, 9.17) is 4.74 Å². The van der Waals surface area contributed by atoms with Gasteiger partial charge in [-0.3, -0.25) is 9.69 Å². The van der Waals surface area contributed by atoms with Crippen LogP contribution in [0, 0.1) is 0 Å². The second-order valence-electron chi connectivity index (χ2n) is 4.74. The van der Waals surface area contributed by atoms with E-state index in [1.807, 2.05) is 0 Å². The highest BCUT2D eigenvalue weighted by atomic mass is 16.5. The molecule has 1 atom stereocenters. The summed E-state index contributed by atoms with van der Waals surface area (Å²) in [7, 11) is 1.61. The monoisotopic (exact) mass is 244 g/mol. The second kappa shape index (κ2) is 6.33. The van der Waals surface area contributed by atoms with E-state index in [0.29, 0.717) is 13.0 Å². The average Bonchev–Trinajstić information content (AvgIpc) is 2.35. The number of piperazine rings is 1. The second-order valence-corrected chi connectivity index (χ2v) is 4.74. The van der Waals surface area contributed by atoms with Crippen molar-refractivity contribution in [2.24, 2.45) is 0 Å². The van der Waals surface area contributed by atoms with Gasteiger partial charge < -0.3 is 14.7 Å². The van der Waals surface area contributed by atoms with Crippen LogP contribution in [0.15, 0.2) is 0 Å². The number of hydrogen-bond acceptors (Lipinski definition) is 4. The molecule has 1 N–H and O–H groups in total. The molecule has 5 nitrogen and oxygen atoms in total.